The number of ether oxygens (including phenoxy) is 2. The van der Waals surface area contributed by atoms with Gasteiger partial charge >= 0.3 is 12.1 Å². The maximum atomic E-state index is 11.5. The molecule has 1 aromatic rings. The molecule has 6 nitrogen and oxygen atoms in total. The third kappa shape index (κ3) is 2.13. The Kier molecular flexibility index (Phi) is 2.93. The van der Waals surface area contributed by atoms with Gasteiger partial charge < -0.3 is 14.6 Å². The summed E-state index contributed by atoms with van der Waals surface area (Å²) in [6, 6.07) is 4.83. The zero-order valence-corrected chi connectivity index (χ0v) is 9.67. The molecule has 0 radical (unpaired) electrons. The second-order valence-electron chi connectivity index (χ2n) is 3.71. The molecule has 0 saturated carbocycles. The van der Waals surface area contributed by atoms with E-state index in [1.807, 2.05) is 0 Å². The van der Waals surface area contributed by atoms with Crippen molar-refractivity contribution in [2.45, 2.75) is 0 Å². The lowest BCUT2D eigenvalue weighted by Crippen LogP contribution is -2.31. The first-order valence-corrected chi connectivity index (χ1v) is 5.12. The van der Waals surface area contributed by atoms with Gasteiger partial charge in [0.1, 0.15) is 11.5 Å². The van der Waals surface area contributed by atoms with E-state index in [1.54, 1.807) is 25.2 Å². The van der Waals surface area contributed by atoms with Crippen molar-refractivity contribution in [2.24, 2.45) is 0 Å². The summed E-state index contributed by atoms with van der Waals surface area (Å²) >= 11 is 0. The largest absolute Gasteiger partial charge is 0.482 e. The second kappa shape index (κ2) is 4.40. The maximum absolute atomic E-state index is 11.5. The molecule has 1 amide bonds. The Balaban J connectivity index is 2.32. The van der Waals surface area contributed by atoms with Gasteiger partial charge in [-0.1, -0.05) is 6.58 Å². The molecule has 1 aliphatic heterocycles. The van der Waals surface area contributed by atoms with E-state index in [9.17, 15) is 9.59 Å². The minimum absolute atomic E-state index is 0.262. The van der Waals surface area contributed by atoms with Crippen LogP contribution in [0.25, 0.3) is 5.76 Å². The summed E-state index contributed by atoms with van der Waals surface area (Å²) in [5.74, 6) is -0.437. The SMILES string of the molecule is C=C1OC(=O)N(C)c2cc(OCC(=O)O)ccc21. The van der Waals surface area contributed by atoms with Gasteiger partial charge in [-0.2, -0.15) is 0 Å². The number of benzene rings is 1. The normalized spacial score (nSPS) is 13.9. The van der Waals surface area contributed by atoms with E-state index >= 15 is 0 Å². The summed E-state index contributed by atoms with van der Waals surface area (Å²) in [6.45, 7) is 3.20. The Bertz CT molecular complexity index is 537. The van der Waals surface area contributed by atoms with Crippen molar-refractivity contribution in [3.8, 4) is 5.75 Å². The van der Waals surface area contributed by atoms with Gasteiger partial charge in [0.2, 0.25) is 0 Å². The number of fused-ring (bicyclic) bond motifs is 1. The van der Waals surface area contributed by atoms with Crippen LogP contribution in [-0.4, -0.2) is 30.8 Å². The molecule has 0 fully saturated rings. The molecule has 0 aliphatic carbocycles. The highest BCUT2D eigenvalue weighted by Gasteiger charge is 2.25. The van der Waals surface area contributed by atoms with Crippen LogP contribution in [0.15, 0.2) is 24.8 Å². The van der Waals surface area contributed by atoms with Gasteiger partial charge in [0.25, 0.3) is 0 Å². The molecule has 18 heavy (non-hydrogen) atoms. The summed E-state index contributed by atoms with van der Waals surface area (Å²) in [6.07, 6.45) is -0.539. The summed E-state index contributed by atoms with van der Waals surface area (Å²) < 4.78 is 9.96. The summed E-state index contributed by atoms with van der Waals surface area (Å²) in [5, 5.41) is 8.53. The van der Waals surface area contributed by atoms with Crippen LogP contribution >= 0.6 is 0 Å². The van der Waals surface area contributed by atoms with Crippen LogP contribution in [-0.2, 0) is 9.53 Å². The van der Waals surface area contributed by atoms with Crippen LogP contribution in [0.4, 0.5) is 10.5 Å². The van der Waals surface area contributed by atoms with Gasteiger partial charge in [0, 0.05) is 18.7 Å². The number of carbonyl (C=O) groups is 2. The van der Waals surface area contributed by atoms with Crippen LogP contribution in [0.3, 0.4) is 0 Å². The average Bonchev–Trinajstić information content (AvgIpc) is 2.33. The minimum Gasteiger partial charge on any atom is -0.482 e. The fourth-order valence-electron chi connectivity index (χ4n) is 1.59. The number of hydrogen-bond acceptors (Lipinski definition) is 4. The van der Waals surface area contributed by atoms with Gasteiger partial charge in [-0.3, -0.25) is 4.90 Å². The molecule has 1 N–H and O–H groups in total. The van der Waals surface area contributed by atoms with E-state index in [0.29, 0.717) is 17.0 Å². The molecule has 2 rings (SSSR count). The topological polar surface area (TPSA) is 76.1 Å². The molecule has 0 spiro atoms. The molecule has 1 aromatic carbocycles. The fourth-order valence-corrected chi connectivity index (χ4v) is 1.59. The lowest BCUT2D eigenvalue weighted by molar-refractivity contribution is -0.139. The molecule has 94 valence electrons. The number of carboxylic acids is 1. The zero-order chi connectivity index (χ0) is 13.3. The summed E-state index contributed by atoms with van der Waals surface area (Å²) in [4.78, 5) is 23.2. The molecule has 0 bridgehead atoms. The van der Waals surface area contributed by atoms with Crippen LogP contribution in [0.5, 0.6) is 5.75 Å². The van der Waals surface area contributed by atoms with Crippen molar-refractivity contribution in [3.05, 3.63) is 30.3 Å². The number of cyclic esters (lactones) is 1. The quantitative estimate of drug-likeness (QED) is 0.882. The van der Waals surface area contributed by atoms with Crippen LogP contribution in [0.1, 0.15) is 5.56 Å². The van der Waals surface area contributed by atoms with Crippen molar-refractivity contribution < 1.29 is 24.2 Å². The Labute approximate surface area is 103 Å². The predicted molar refractivity (Wildman–Crippen MR) is 63.5 cm³/mol. The first-order chi connectivity index (χ1) is 8.49. The Hall–Kier alpha value is -2.50. The first-order valence-electron chi connectivity index (χ1n) is 5.12. The predicted octanol–water partition coefficient (Wildman–Crippen LogP) is 1.71. The smallest absolute Gasteiger partial charge is 0.419 e. The summed E-state index contributed by atoms with van der Waals surface area (Å²) in [7, 11) is 1.55. The van der Waals surface area contributed by atoms with E-state index in [-0.39, 0.29) is 5.76 Å². The molecule has 0 atom stereocenters. The molecular weight excluding hydrogens is 238 g/mol. The van der Waals surface area contributed by atoms with Crippen LogP contribution in [0, 0.1) is 0 Å². The number of carbonyl (C=O) groups excluding carboxylic acids is 1. The lowest BCUT2D eigenvalue weighted by Gasteiger charge is -2.26. The molecule has 1 heterocycles. The highest BCUT2D eigenvalue weighted by atomic mass is 16.6. The number of rotatable bonds is 3. The Morgan fingerprint density at radius 1 is 1.56 bits per heavy atom. The number of carboxylic acid groups (broad SMARTS) is 1. The third-order valence-electron chi connectivity index (χ3n) is 2.48. The van der Waals surface area contributed by atoms with E-state index in [1.165, 1.54) is 4.90 Å². The molecular formula is C12H11NO5. The van der Waals surface area contributed by atoms with E-state index in [4.69, 9.17) is 14.6 Å². The number of hydrogen-bond donors (Lipinski definition) is 1. The number of nitrogens with zero attached hydrogens (tertiary/aromatic N) is 1. The van der Waals surface area contributed by atoms with Crippen molar-refractivity contribution in [3.63, 3.8) is 0 Å². The van der Waals surface area contributed by atoms with Crippen LogP contribution < -0.4 is 9.64 Å². The molecule has 6 heteroatoms. The maximum Gasteiger partial charge on any atom is 0.419 e. The fraction of sp³-hybridized carbons (Fsp3) is 0.167. The standard InChI is InChI=1S/C12H11NO5/c1-7-9-4-3-8(17-6-11(14)15)5-10(9)13(2)12(16)18-7/h3-5H,1,6H2,2H3,(H,14,15). The molecule has 1 aliphatic rings. The van der Waals surface area contributed by atoms with E-state index in [2.05, 4.69) is 6.58 Å². The third-order valence-corrected chi connectivity index (χ3v) is 2.48. The van der Waals surface area contributed by atoms with Crippen molar-refractivity contribution >= 4 is 23.5 Å². The lowest BCUT2D eigenvalue weighted by atomic mass is 10.1. The van der Waals surface area contributed by atoms with Gasteiger partial charge in [-0.05, 0) is 12.1 Å². The Morgan fingerprint density at radius 2 is 2.28 bits per heavy atom. The highest BCUT2D eigenvalue weighted by molar-refractivity contribution is 5.98. The Morgan fingerprint density at radius 3 is 2.94 bits per heavy atom. The zero-order valence-electron chi connectivity index (χ0n) is 9.67. The van der Waals surface area contributed by atoms with Gasteiger partial charge in [-0.25, -0.2) is 9.59 Å². The first kappa shape index (κ1) is 12.0. The monoisotopic (exact) mass is 249 g/mol. The number of aliphatic carboxylic acids is 1. The molecule has 0 aromatic heterocycles. The van der Waals surface area contributed by atoms with Crippen molar-refractivity contribution in [2.75, 3.05) is 18.6 Å². The van der Waals surface area contributed by atoms with Crippen molar-refractivity contribution in [1.29, 1.82) is 0 Å². The average molecular weight is 249 g/mol. The van der Waals surface area contributed by atoms with Crippen LogP contribution in [0.2, 0.25) is 0 Å². The number of anilines is 1. The number of amides is 1. The highest BCUT2D eigenvalue weighted by Crippen LogP contribution is 2.34. The molecule has 0 unspecified atom stereocenters. The van der Waals surface area contributed by atoms with E-state index in [0.717, 1.165) is 0 Å². The second-order valence-corrected chi connectivity index (χ2v) is 3.71. The minimum atomic E-state index is -1.06. The van der Waals surface area contributed by atoms with Crippen molar-refractivity contribution in [1.82, 2.24) is 0 Å². The molecule has 0 saturated heterocycles. The van der Waals surface area contributed by atoms with Gasteiger partial charge in [-0.15, -0.1) is 0 Å². The summed E-state index contributed by atoms with van der Waals surface area (Å²) in [5.41, 5.74) is 1.24. The van der Waals surface area contributed by atoms with Gasteiger partial charge in [0.15, 0.2) is 6.61 Å². The van der Waals surface area contributed by atoms with E-state index < -0.39 is 18.7 Å². The van der Waals surface area contributed by atoms with Gasteiger partial charge in [0.05, 0.1) is 5.69 Å².